The summed E-state index contributed by atoms with van der Waals surface area (Å²) in [7, 11) is 0. The summed E-state index contributed by atoms with van der Waals surface area (Å²) in [6.45, 7) is 7.82. The number of hydrogen-bond acceptors (Lipinski definition) is 6. The Labute approximate surface area is 127 Å². The minimum atomic E-state index is -0.0454. The molecule has 7 heteroatoms. The van der Waals surface area contributed by atoms with Gasteiger partial charge >= 0.3 is 0 Å². The Morgan fingerprint density at radius 3 is 2.67 bits per heavy atom. The standard InChI is InChI=1S/C14H18N4O2S/c1-10-7-13(16-20-10)14(19)18-5-3-17(4-6-18)8-12-9-21-11(2)15-12/h7,9H,3-6,8H2,1-2H3. The lowest BCUT2D eigenvalue weighted by Gasteiger charge is -2.33. The number of aryl methyl sites for hydroxylation is 2. The fourth-order valence-electron chi connectivity index (χ4n) is 2.45. The van der Waals surface area contributed by atoms with Crippen LogP contribution in [0.4, 0.5) is 0 Å². The average Bonchev–Trinajstić information content (AvgIpc) is 3.08. The van der Waals surface area contributed by atoms with Gasteiger partial charge in [-0.3, -0.25) is 9.69 Å². The van der Waals surface area contributed by atoms with Crippen molar-refractivity contribution in [1.29, 1.82) is 0 Å². The van der Waals surface area contributed by atoms with Crippen LogP contribution in [0.2, 0.25) is 0 Å². The van der Waals surface area contributed by atoms with Crippen LogP contribution in [-0.4, -0.2) is 52.0 Å². The Bertz CT molecular complexity index is 628. The molecule has 0 saturated carbocycles. The molecule has 21 heavy (non-hydrogen) atoms. The highest BCUT2D eigenvalue weighted by molar-refractivity contribution is 7.09. The van der Waals surface area contributed by atoms with Crippen molar-refractivity contribution in [3.63, 3.8) is 0 Å². The Morgan fingerprint density at radius 1 is 1.33 bits per heavy atom. The zero-order valence-electron chi connectivity index (χ0n) is 12.2. The molecule has 6 nitrogen and oxygen atoms in total. The lowest BCUT2D eigenvalue weighted by Crippen LogP contribution is -2.48. The third kappa shape index (κ3) is 3.30. The van der Waals surface area contributed by atoms with Gasteiger partial charge in [-0.05, 0) is 13.8 Å². The molecule has 2 aromatic rings. The normalized spacial score (nSPS) is 16.4. The second kappa shape index (κ2) is 5.95. The molecule has 3 heterocycles. The number of aromatic nitrogens is 2. The first-order valence-corrected chi connectivity index (χ1v) is 7.86. The summed E-state index contributed by atoms with van der Waals surface area (Å²) in [6.07, 6.45) is 0. The highest BCUT2D eigenvalue weighted by Gasteiger charge is 2.24. The van der Waals surface area contributed by atoms with E-state index >= 15 is 0 Å². The van der Waals surface area contributed by atoms with Crippen LogP contribution in [0.3, 0.4) is 0 Å². The van der Waals surface area contributed by atoms with Crippen LogP contribution in [0.1, 0.15) is 27.0 Å². The summed E-state index contributed by atoms with van der Waals surface area (Å²) in [4.78, 5) is 20.9. The van der Waals surface area contributed by atoms with Crippen LogP contribution in [-0.2, 0) is 6.54 Å². The molecule has 1 amide bonds. The van der Waals surface area contributed by atoms with Crippen molar-refractivity contribution in [3.05, 3.63) is 33.6 Å². The number of nitrogens with zero attached hydrogens (tertiary/aromatic N) is 4. The summed E-state index contributed by atoms with van der Waals surface area (Å²) in [5.74, 6) is 0.617. The number of hydrogen-bond donors (Lipinski definition) is 0. The molecule has 1 fully saturated rings. The number of amides is 1. The molecule has 0 bridgehead atoms. The van der Waals surface area contributed by atoms with Gasteiger partial charge in [-0.1, -0.05) is 5.16 Å². The molecule has 0 spiro atoms. The summed E-state index contributed by atoms with van der Waals surface area (Å²) >= 11 is 1.68. The molecule has 1 aliphatic rings. The molecule has 0 aromatic carbocycles. The van der Waals surface area contributed by atoms with E-state index in [9.17, 15) is 4.79 Å². The maximum atomic E-state index is 12.3. The van der Waals surface area contributed by atoms with Crippen molar-refractivity contribution in [2.24, 2.45) is 0 Å². The van der Waals surface area contributed by atoms with Crippen LogP contribution in [0.5, 0.6) is 0 Å². The summed E-state index contributed by atoms with van der Waals surface area (Å²) in [6, 6.07) is 1.69. The lowest BCUT2D eigenvalue weighted by atomic mass is 10.2. The predicted molar refractivity (Wildman–Crippen MR) is 79.3 cm³/mol. The Morgan fingerprint density at radius 2 is 2.10 bits per heavy atom. The third-order valence-electron chi connectivity index (χ3n) is 3.56. The molecule has 3 rings (SSSR count). The first-order chi connectivity index (χ1) is 10.1. The van der Waals surface area contributed by atoms with Crippen LogP contribution in [0, 0.1) is 13.8 Å². The fourth-order valence-corrected chi connectivity index (χ4v) is 3.05. The predicted octanol–water partition coefficient (Wildman–Crippen LogP) is 1.71. The van der Waals surface area contributed by atoms with Gasteiger partial charge in [-0.25, -0.2) is 4.98 Å². The molecule has 0 unspecified atom stereocenters. The van der Waals surface area contributed by atoms with Crippen molar-refractivity contribution < 1.29 is 9.32 Å². The third-order valence-corrected chi connectivity index (χ3v) is 4.38. The summed E-state index contributed by atoms with van der Waals surface area (Å²) in [5, 5.41) is 6.99. The van der Waals surface area contributed by atoms with E-state index in [0.717, 1.165) is 30.3 Å². The van der Waals surface area contributed by atoms with Crippen molar-refractivity contribution in [2.45, 2.75) is 20.4 Å². The monoisotopic (exact) mass is 306 g/mol. The van der Waals surface area contributed by atoms with Crippen LogP contribution >= 0.6 is 11.3 Å². The Hall–Kier alpha value is -1.73. The van der Waals surface area contributed by atoms with Gasteiger partial charge in [0.1, 0.15) is 5.76 Å². The van der Waals surface area contributed by atoms with Crippen LogP contribution in [0.25, 0.3) is 0 Å². The van der Waals surface area contributed by atoms with Crippen molar-refractivity contribution in [3.8, 4) is 0 Å². The molecule has 0 radical (unpaired) electrons. The van der Waals surface area contributed by atoms with Crippen molar-refractivity contribution in [2.75, 3.05) is 26.2 Å². The molecule has 112 valence electrons. The molecule has 1 saturated heterocycles. The van der Waals surface area contributed by atoms with Crippen molar-refractivity contribution >= 4 is 17.2 Å². The molecular weight excluding hydrogens is 288 g/mol. The van der Waals surface area contributed by atoms with Crippen molar-refractivity contribution in [1.82, 2.24) is 19.9 Å². The molecule has 1 aliphatic heterocycles. The van der Waals surface area contributed by atoms with Crippen LogP contribution in [0.15, 0.2) is 16.0 Å². The Kier molecular flexibility index (Phi) is 4.03. The molecular formula is C14H18N4O2S. The number of piperazine rings is 1. The number of carbonyl (C=O) groups is 1. The van der Waals surface area contributed by atoms with Gasteiger partial charge in [-0.2, -0.15) is 0 Å². The van der Waals surface area contributed by atoms with E-state index in [4.69, 9.17) is 4.52 Å². The number of rotatable bonds is 3. The van der Waals surface area contributed by atoms with E-state index in [1.807, 2.05) is 11.8 Å². The van der Waals surface area contributed by atoms with Gasteiger partial charge in [0.15, 0.2) is 5.69 Å². The first kappa shape index (κ1) is 14.2. The molecule has 0 N–H and O–H groups in total. The Balaban J connectivity index is 1.54. The van der Waals surface area contributed by atoms with E-state index in [1.165, 1.54) is 0 Å². The van der Waals surface area contributed by atoms with E-state index in [-0.39, 0.29) is 5.91 Å². The molecule has 2 aromatic heterocycles. The van der Waals surface area contributed by atoms with Gasteiger partial charge in [0.25, 0.3) is 5.91 Å². The number of carbonyl (C=O) groups excluding carboxylic acids is 1. The van der Waals surface area contributed by atoms with Gasteiger partial charge < -0.3 is 9.42 Å². The van der Waals surface area contributed by atoms with E-state index in [1.54, 1.807) is 24.3 Å². The quantitative estimate of drug-likeness (QED) is 0.864. The smallest absolute Gasteiger partial charge is 0.276 e. The lowest BCUT2D eigenvalue weighted by molar-refractivity contribution is 0.0617. The zero-order valence-corrected chi connectivity index (χ0v) is 13.0. The highest BCUT2D eigenvalue weighted by Crippen LogP contribution is 2.13. The highest BCUT2D eigenvalue weighted by atomic mass is 32.1. The number of thiazole rings is 1. The van der Waals surface area contributed by atoms with Gasteiger partial charge in [0, 0.05) is 44.2 Å². The second-order valence-corrected chi connectivity index (χ2v) is 6.31. The summed E-state index contributed by atoms with van der Waals surface area (Å²) in [5.41, 5.74) is 1.51. The minimum Gasteiger partial charge on any atom is -0.361 e. The van der Waals surface area contributed by atoms with Gasteiger partial charge in [0.05, 0.1) is 10.7 Å². The zero-order chi connectivity index (χ0) is 14.8. The SMILES string of the molecule is Cc1cc(C(=O)N2CCN(Cc3csc(C)n3)CC2)no1. The topological polar surface area (TPSA) is 62.5 Å². The summed E-state index contributed by atoms with van der Waals surface area (Å²) < 4.78 is 4.96. The first-order valence-electron chi connectivity index (χ1n) is 6.98. The average molecular weight is 306 g/mol. The molecule has 0 aliphatic carbocycles. The van der Waals surface area contributed by atoms with E-state index < -0.39 is 0 Å². The minimum absolute atomic E-state index is 0.0454. The molecule has 0 atom stereocenters. The van der Waals surface area contributed by atoms with Gasteiger partial charge in [-0.15, -0.1) is 11.3 Å². The van der Waals surface area contributed by atoms with E-state index in [0.29, 0.717) is 24.5 Å². The van der Waals surface area contributed by atoms with E-state index in [2.05, 4.69) is 20.4 Å². The van der Waals surface area contributed by atoms with Gasteiger partial charge in [0.2, 0.25) is 0 Å². The fraction of sp³-hybridized carbons (Fsp3) is 0.500. The maximum Gasteiger partial charge on any atom is 0.276 e. The van der Waals surface area contributed by atoms with Crippen LogP contribution < -0.4 is 0 Å². The largest absolute Gasteiger partial charge is 0.361 e. The second-order valence-electron chi connectivity index (χ2n) is 5.25. The maximum absolute atomic E-state index is 12.3.